The zero-order valence-corrected chi connectivity index (χ0v) is 9.80. The van der Waals surface area contributed by atoms with Gasteiger partial charge in [0.1, 0.15) is 5.82 Å². The van der Waals surface area contributed by atoms with Crippen LogP contribution >= 0.6 is 11.6 Å². The lowest BCUT2D eigenvalue weighted by atomic mass is 10.2. The molecule has 0 saturated carbocycles. The standard InChI is InChI=1S/C13H10ClN3/c14-11-3-2-10-4-7-17(12(10)8-11)9-13-15-5-1-6-16-13/h1-8H,9H2. The first-order valence-electron chi connectivity index (χ1n) is 5.33. The molecule has 0 fully saturated rings. The van der Waals surface area contributed by atoms with Crippen LogP contribution in [0.15, 0.2) is 48.9 Å². The second-order valence-electron chi connectivity index (χ2n) is 3.81. The molecule has 0 aliphatic carbocycles. The van der Waals surface area contributed by atoms with Crippen LogP contribution in [0.1, 0.15) is 5.82 Å². The summed E-state index contributed by atoms with van der Waals surface area (Å²) in [5.74, 6) is 0.796. The molecule has 2 heterocycles. The van der Waals surface area contributed by atoms with Crippen LogP contribution in [0.3, 0.4) is 0 Å². The third-order valence-corrected chi connectivity index (χ3v) is 2.90. The highest BCUT2D eigenvalue weighted by Crippen LogP contribution is 2.20. The Morgan fingerprint density at radius 1 is 1.12 bits per heavy atom. The summed E-state index contributed by atoms with van der Waals surface area (Å²) in [6, 6.07) is 9.75. The van der Waals surface area contributed by atoms with E-state index < -0.39 is 0 Å². The smallest absolute Gasteiger partial charge is 0.147 e. The lowest BCUT2D eigenvalue weighted by molar-refractivity contribution is 0.771. The van der Waals surface area contributed by atoms with Crippen LogP contribution in [0.5, 0.6) is 0 Å². The van der Waals surface area contributed by atoms with Gasteiger partial charge >= 0.3 is 0 Å². The van der Waals surface area contributed by atoms with Gasteiger partial charge in [-0.15, -0.1) is 0 Å². The molecule has 0 saturated heterocycles. The molecule has 84 valence electrons. The molecule has 0 bridgehead atoms. The van der Waals surface area contributed by atoms with Crippen molar-refractivity contribution in [1.82, 2.24) is 14.5 Å². The highest BCUT2D eigenvalue weighted by atomic mass is 35.5. The molecule has 0 N–H and O–H groups in total. The van der Waals surface area contributed by atoms with Crippen LogP contribution in [-0.2, 0) is 6.54 Å². The Hall–Kier alpha value is -1.87. The molecule has 3 aromatic rings. The fourth-order valence-corrected chi connectivity index (χ4v) is 2.03. The van der Waals surface area contributed by atoms with Crippen molar-refractivity contribution in [1.29, 1.82) is 0 Å². The van der Waals surface area contributed by atoms with Crippen molar-refractivity contribution >= 4 is 22.5 Å². The summed E-state index contributed by atoms with van der Waals surface area (Å²) in [7, 11) is 0. The maximum Gasteiger partial charge on any atom is 0.147 e. The number of hydrogen-bond acceptors (Lipinski definition) is 2. The van der Waals surface area contributed by atoms with Gasteiger partial charge in [-0.3, -0.25) is 0 Å². The van der Waals surface area contributed by atoms with Crippen molar-refractivity contribution in [3.63, 3.8) is 0 Å². The van der Waals surface area contributed by atoms with Gasteiger partial charge in [-0.2, -0.15) is 0 Å². The minimum absolute atomic E-state index is 0.657. The van der Waals surface area contributed by atoms with Crippen LogP contribution < -0.4 is 0 Å². The second kappa shape index (κ2) is 4.18. The monoisotopic (exact) mass is 243 g/mol. The largest absolute Gasteiger partial charge is 0.340 e. The van der Waals surface area contributed by atoms with E-state index in [1.165, 1.54) is 5.39 Å². The number of rotatable bonds is 2. The molecule has 0 aliphatic rings. The lowest BCUT2D eigenvalue weighted by Crippen LogP contribution is -2.02. The van der Waals surface area contributed by atoms with E-state index in [1.807, 2.05) is 30.5 Å². The zero-order valence-electron chi connectivity index (χ0n) is 9.05. The Morgan fingerprint density at radius 2 is 1.94 bits per heavy atom. The van der Waals surface area contributed by atoms with E-state index in [0.717, 1.165) is 16.4 Å². The molecule has 0 unspecified atom stereocenters. The minimum Gasteiger partial charge on any atom is -0.340 e. The number of aromatic nitrogens is 3. The molecule has 0 atom stereocenters. The zero-order chi connectivity index (χ0) is 11.7. The van der Waals surface area contributed by atoms with Crippen LogP contribution in [-0.4, -0.2) is 14.5 Å². The predicted molar refractivity (Wildman–Crippen MR) is 68.1 cm³/mol. The molecule has 3 rings (SSSR count). The molecule has 3 nitrogen and oxygen atoms in total. The Morgan fingerprint density at radius 3 is 2.76 bits per heavy atom. The molecule has 17 heavy (non-hydrogen) atoms. The second-order valence-corrected chi connectivity index (χ2v) is 4.25. The fraction of sp³-hybridized carbons (Fsp3) is 0.0769. The normalized spacial score (nSPS) is 10.9. The van der Waals surface area contributed by atoms with Crippen LogP contribution in [0.25, 0.3) is 10.9 Å². The first kappa shape index (κ1) is 10.3. The third-order valence-electron chi connectivity index (χ3n) is 2.67. The molecule has 0 spiro atoms. The SMILES string of the molecule is Clc1ccc2ccn(Cc3ncccn3)c2c1. The molecular weight excluding hydrogens is 234 g/mol. The fourth-order valence-electron chi connectivity index (χ4n) is 1.86. The Balaban J connectivity index is 2.03. The predicted octanol–water partition coefficient (Wildman–Crippen LogP) is 3.13. The van der Waals surface area contributed by atoms with Crippen molar-refractivity contribution in [3.8, 4) is 0 Å². The number of nitrogens with zero attached hydrogens (tertiary/aromatic N) is 3. The molecule has 4 heteroatoms. The van der Waals surface area contributed by atoms with Gasteiger partial charge < -0.3 is 4.57 Å². The van der Waals surface area contributed by atoms with E-state index in [-0.39, 0.29) is 0 Å². The first-order valence-corrected chi connectivity index (χ1v) is 5.71. The summed E-state index contributed by atoms with van der Waals surface area (Å²) >= 11 is 6.01. The molecule has 2 aromatic heterocycles. The van der Waals surface area contributed by atoms with E-state index in [4.69, 9.17) is 11.6 Å². The number of benzene rings is 1. The van der Waals surface area contributed by atoms with Gasteiger partial charge in [0, 0.05) is 29.1 Å². The number of hydrogen-bond donors (Lipinski definition) is 0. The maximum absolute atomic E-state index is 6.01. The van der Waals surface area contributed by atoms with Crippen molar-refractivity contribution in [2.45, 2.75) is 6.54 Å². The maximum atomic E-state index is 6.01. The van der Waals surface area contributed by atoms with Crippen LogP contribution in [0.4, 0.5) is 0 Å². The van der Waals surface area contributed by atoms with Gasteiger partial charge in [-0.25, -0.2) is 9.97 Å². The van der Waals surface area contributed by atoms with Crippen LogP contribution in [0, 0.1) is 0 Å². The van der Waals surface area contributed by atoms with Gasteiger partial charge in [0.15, 0.2) is 0 Å². The number of halogens is 1. The van der Waals surface area contributed by atoms with Crippen molar-refractivity contribution < 1.29 is 0 Å². The molecule has 0 radical (unpaired) electrons. The third kappa shape index (κ3) is 2.01. The Bertz CT molecular complexity index is 646. The lowest BCUT2D eigenvalue weighted by Gasteiger charge is -2.04. The quantitative estimate of drug-likeness (QED) is 0.692. The van der Waals surface area contributed by atoms with Gasteiger partial charge in [0.05, 0.1) is 6.54 Å². The topological polar surface area (TPSA) is 30.7 Å². The highest BCUT2D eigenvalue weighted by molar-refractivity contribution is 6.31. The van der Waals surface area contributed by atoms with E-state index in [0.29, 0.717) is 6.54 Å². The van der Waals surface area contributed by atoms with Gasteiger partial charge in [0.25, 0.3) is 0 Å². The van der Waals surface area contributed by atoms with E-state index in [1.54, 1.807) is 12.4 Å². The van der Waals surface area contributed by atoms with Gasteiger partial charge in [0.2, 0.25) is 0 Å². The van der Waals surface area contributed by atoms with Crippen molar-refractivity contribution in [2.24, 2.45) is 0 Å². The Labute approximate surface area is 104 Å². The summed E-state index contributed by atoms with van der Waals surface area (Å²) in [6.07, 6.45) is 5.53. The summed E-state index contributed by atoms with van der Waals surface area (Å²) in [6.45, 7) is 0.657. The summed E-state index contributed by atoms with van der Waals surface area (Å²) in [4.78, 5) is 8.44. The summed E-state index contributed by atoms with van der Waals surface area (Å²) in [5, 5.41) is 1.91. The van der Waals surface area contributed by atoms with Gasteiger partial charge in [-0.1, -0.05) is 17.7 Å². The van der Waals surface area contributed by atoms with Crippen molar-refractivity contribution in [2.75, 3.05) is 0 Å². The van der Waals surface area contributed by atoms with Crippen molar-refractivity contribution in [3.05, 3.63) is 59.8 Å². The highest BCUT2D eigenvalue weighted by Gasteiger charge is 2.03. The van der Waals surface area contributed by atoms with Gasteiger partial charge in [-0.05, 0) is 29.7 Å². The Kier molecular flexibility index (Phi) is 2.53. The number of fused-ring (bicyclic) bond motifs is 1. The van der Waals surface area contributed by atoms with E-state index >= 15 is 0 Å². The average Bonchev–Trinajstić information content (AvgIpc) is 2.73. The summed E-state index contributed by atoms with van der Waals surface area (Å²) in [5.41, 5.74) is 1.10. The van der Waals surface area contributed by atoms with E-state index in [9.17, 15) is 0 Å². The molecular formula is C13H10ClN3. The summed E-state index contributed by atoms with van der Waals surface area (Å²) < 4.78 is 2.09. The van der Waals surface area contributed by atoms with E-state index in [2.05, 4.69) is 20.6 Å². The molecule has 1 aromatic carbocycles. The molecule has 0 aliphatic heterocycles. The minimum atomic E-state index is 0.657. The first-order chi connectivity index (χ1) is 8.33. The molecule has 0 amide bonds. The van der Waals surface area contributed by atoms with Crippen LogP contribution in [0.2, 0.25) is 5.02 Å². The average molecular weight is 244 g/mol.